The summed E-state index contributed by atoms with van der Waals surface area (Å²) in [5.74, 6) is -5.99. The van der Waals surface area contributed by atoms with Crippen molar-refractivity contribution in [3.8, 4) is 0 Å². The van der Waals surface area contributed by atoms with Crippen LogP contribution in [0.25, 0.3) is 0 Å². The number of hydrogen-bond acceptors (Lipinski definition) is 5. The highest BCUT2D eigenvalue weighted by atomic mass is 127. The summed E-state index contributed by atoms with van der Waals surface area (Å²) in [6.07, 6.45) is -5.18. The third kappa shape index (κ3) is 5.66. The van der Waals surface area contributed by atoms with E-state index < -0.39 is 77.0 Å². The van der Waals surface area contributed by atoms with Crippen molar-refractivity contribution in [3.63, 3.8) is 0 Å². The summed E-state index contributed by atoms with van der Waals surface area (Å²) < 4.78 is 91.2. The average Bonchev–Trinajstić information content (AvgIpc) is 2.91. The van der Waals surface area contributed by atoms with Gasteiger partial charge in [-0.15, -0.1) is 0 Å². The Balaban J connectivity index is 1.53. The van der Waals surface area contributed by atoms with Crippen molar-refractivity contribution < 1.29 is 45.8 Å². The van der Waals surface area contributed by atoms with Crippen LogP contribution in [0, 0.1) is 21.0 Å². The first kappa shape index (κ1) is 31.6. The van der Waals surface area contributed by atoms with Gasteiger partial charge in [0.25, 0.3) is 17.4 Å². The fraction of sp³-hybridized carbons (Fsp3) is 0.286. The van der Waals surface area contributed by atoms with Gasteiger partial charge in [-0.1, -0.05) is 30.3 Å². The molecule has 1 heterocycles. The molecule has 0 aliphatic carbocycles. The minimum atomic E-state index is -5.18. The second kappa shape index (κ2) is 11.7. The van der Waals surface area contributed by atoms with Gasteiger partial charge in [-0.05, 0) is 59.8 Å². The molecule has 0 spiro atoms. The van der Waals surface area contributed by atoms with E-state index >= 15 is 0 Å². The van der Waals surface area contributed by atoms with E-state index in [1.807, 2.05) is 22.6 Å². The molecule has 42 heavy (non-hydrogen) atoms. The first-order valence-corrected chi connectivity index (χ1v) is 13.4. The van der Waals surface area contributed by atoms with E-state index in [0.29, 0.717) is 9.64 Å². The molecule has 4 rings (SSSR count). The first-order chi connectivity index (χ1) is 19.6. The van der Waals surface area contributed by atoms with Gasteiger partial charge < -0.3 is 25.4 Å². The van der Waals surface area contributed by atoms with E-state index in [4.69, 9.17) is 4.74 Å². The first-order valence-electron chi connectivity index (χ1n) is 12.3. The smallest absolute Gasteiger partial charge is 0.384 e. The number of carbonyl (C=O) groups is 2. The normalized spacial score (nSPS) is 16.7. The second-order valence-electron chi connectivity index (χ2n) is 9.74. The number of aliphatic hydroxyl groups is 1. The number of halogens is 7. The lowest BCUT2D eigenvalue weighted by molar-refractivity contribution is -0.266. The number of likely N-dealkylation sites (tertiary alicyclic amines) is 1. The van der Waals surface area contributed by atoms with Gasteiger partial charge in [0, 0.05) is 16.2 Å². The molecule has 3 N–H and O–H groups in total. The van der Waals surface area contributed by atoms with Crippen LogP contribution in [-0.4, -0.2) is 59.8 Å². The molecule has 1 fully saturated rings. The van der Waals surface area contributed by atoms with Gasteiger partial charge in [-0.25, -0.2) is 13.2 Å². The number of benzene rings is 3. The Morgan fingerprint density at radius 3 is 2.24 bits per heavy atom. The number of amides is 2. The third-order valence-electron chi connectivity index (χ3n) is 7.09. The highest BCUT2D eigenvalue weighted by Gasteiger charge is 2.63. The number of anilines is 2. The van der Waals surface area contributed by atoms with Gasteiger partial charge in [0.05, 0.1) is 36.1 Å². The Morgan fingerprint density at radius 2 is 1.67 bits per heavy atom. The van der Waals surface area contributed by atoms with Gasteiger partial charge in [0.1, 0.15) is 11.4 Å². The van der Waals surface area contributed by atoms with Crippen LogP contribution < -0.4 is 10.6 Å². The second-order valence-corrected chi connectivity index (χ2v) is 11.0. The van der Waals surface area contributed by atoms with E-state index in [2.05, 4.69) is 10.6 Å². The molecule has 0 saturated carbocycles. The zero-order chi connectivity index (χ0) is 31.0. The van der Waals surface area contributed by atoms with Gasteiger partial charge in [0.2, 0.25) is 0 Å². The summed E-state index contributed by atoms with van der Waals surface area (Å²) in [6.45, 7) is 0.313. The zero-order valence-electron chi connectivity index (χ0n) is 22.0. The van der Waals surface area contributed by atoms with Gasteiger partial charge in [-0.3, -0.25) is 9.59 Å². The lowest BCUT2D eigenvalue weighted by Gasteiger charge is -2.50. The summed E-state index contributed by atoms with van der Waals surface area (Å²) in [5.41, 5.74) is -6.99. The molecule has 3 aromatic rings. The van der Waals surface area contributed by atoms with Crippen molar-refractivity contribution in [1.29, 1.82) is 0 Å². The van der Waals surface area contributed by atoms with E-state index in [1.165, 1.54) is 37.3 Å². The van der Waals surface area contributed by atoms with E-state index in [0.717, 1.165) is 36.3 Å². The molecule has 1 aliphatic heterocycles. The summed E-state index contributed by atoms with van der Waals surface area (Å²) in [5, 5.41) is 15.6. The van der Waals surface area contributed by atoms with Gasteiger partial charge in [0.15, 0.2) is 11.6 Å². The predicted octanol–water partition coefficient (Wildman–Crippen LogP) is 5.25. The van der Waals surface area contributed by atoms with Crippen molar-refractivity contribution in [3.05, 3.63) is 92.8 Å². The van der Waals surface area contributed by atoms with Crippen molar-refractivity contribution in [2.75, 3.05) is 25.5 Å². The Morgan fingerprint density at radius 1 is 1.02 bits per heavy atom. The third-order valence-corrected chi connectivity index (χ3v) is 7.76. The molecule has 3 aromatic carbocycles. The van der Waals surface area contributed by atoms with E-state index in [-0.39, 0.29) is 11.3 Å². The van der Waals surface area contributed by atoms with Gasteiger partial charge >= 0.3 is 6.18 Å². The van der Waals surface area contributed by atoms with Crippen LogP contribution in [0.4, 0.5) is 37.7 Å². The lowest BCUT2D eigenvalue weighted by atomic mass is 9.84. The number of nitrogens with zero attached hydrogens (tertiary/aromatic N) is 1. The number of hydrogen-bond donors (Lipinski definition) is 3. The van der Waals surface area contributed by atoms with Crippen molar-refractivity contribution >= 4 is 45.8 Å². The molecule has 1 aliphatic rings. The summed E-state index contributed by atoms with van der Waals surface area (Å²) in [4.78, 5) is 27.3. The molecule has 224 valence electrons. The highest BCUT2D eigenvalue weighted by molar-refractivity contribution is 14.1. The minimum Gasteiger partial charge on any atom is -0.384 e. The van der Waals surface area contributed by atoms with Crippen LogP contribution in [0.3, 0.4) is 0 Å². The molecule has 2 amide bonds. The molecule has 1 saturated heterocycles. The average molecular weight is 707 g/mol. The molecule has 14 heteroatoms. The standard InChI is InChI=1S/C28H24F6IN3O4/c1-15(36-25(40)27(42-2,28(32,33)34)16-6-4-3-5-7-16)26(41)13-38(14-26)24(39)18-9-10-19(29)22(31)23(18)37-21-11-8-17(35)12-20(21)30/h3-12,15,37,41H,13-14H2,1-2H3,(H,36,40). The quantitative estimate of drug-likeness (QED) is 0.220. The van der Waals surface area contributed by atoms with Crippen molar-refractivity contribution in [2.24, 2.45) is 0 Å². The van der Waals surface area contributed by atoms with Crippen molar-refractivity contribution in [1.82, 2.24) is 10.2 Å². The van der Waals surface area contributed by atoms with Crippen LogP contribution in [0.5, 0.6) is 0 Å². The van der Waals surface area contributed by atoms with E-state index in [9.17, 15) is 41.0 Å². The Kier molecular flexibility index (Phi) is 8.81. The zero-order valence-corrected chi connectivity index (χ0v) is 24.2. The summed E-state index contributed by atoms with van der Waals surface area (Å²) in [7, 11) is 0.735. The van der Waals surface area contributed by atoms with Crippen LogP contribution in [-0.2, 0) is 15.1 Å². The summed E-state index contributed by atoms with van der Waals surface area (Å²) in [6, 6.07) is 10.5. The summed E-state index contributed by atoms with van der Waals surface area (Å²) >= 11 is 1.86. The number of β-amino-alcohol motifs (C(OH)–C–C–N with tert-alkyl or cyclic N) is 1. The van der Waals surface area contributed by atoms with Crippen LogP contribution in [0.2, 0.25) is 0 Å². The highest BCUT2D eigenvalue weighted by Crippen LogP contribution is 2.42. The fourth-order valence-electron chi connectivity index (χ4n) is 4.63. The maximum absolute atomic E-state index is 14.8. The fourth-order valence-corrected chi connectivity index (χ4v) is 5.09. The largest absolute Gasteiger partial charge is 0.430 e. The topological polar surface area (TPSA) is 90.9 Å². The lowest BCUT2D eigenvalue weighted by Crippen LogP contribution is -2.72. The van der Waals surface area contributed by atoms with Crippen LogP contribution in [0.15, 0.2) is 60.7 Å². The SMILES string of the molecule is COC(C(=O)NC(C)C1(O)CN(C(=O)c2ccc(F)c(F)c2Nc2ccc(I)cc2F)C1)(c1ccccc1)C(F)(F)F. The predicted molar refractivity (Wildman–Crippen MR) is 148 cm³/mol. The molecular weight excluding hydrogens is 683 g/mol. The number of methoxy groups -OCH3 is 1. The van der Waals surface area contributed by atoms with Crippen LogP contribution in [0.1, 0.15) is 22.8 Å². The number of nitrogens with one attached hydrogen (secondary N) is 2. The number of carbonyl (C=O) groups excluding carboxylic acids is 2. The minimum absolute atomic E-state index is 0.227. The Bertz CT molecular complexity index is 1500. The number of alkyl halides is 3. The molecule has 2 atom stereocenters. The monoisotopic (exact) mass is 707 g/mol. The molecule has 0 bridgehead atoms. The maximum atomic E-state index is 14.8. The van der Waals surface area contributed by atoms with Crippen LogP contribution >= 0.6 is 22.6 Å². The van der Waals surface area contributed by atoms with E-state index in [1.54, 1.807) is 0 Å². The molecule has 0 aromatic heterocycles. The Hall–Kier alpha value is -3.37. The van der Waals surface area contributed by atoms with Crippen molar-refractivity contribution in [2.45, 2.75) is 30.3 Å². The number of rotatable bonds is 8. The molecule has 7 nitrogen and oxygen atoms in total. The molecular formula is C28H24F6IN3O4. The molecule has 2 unspecified atom stereocenters. The maximum Gasteiger partial charge on any atom is 0.430 e. The molecule has 0 radical (unpaired) electrons. The van der Waals surface area contributed by atoms with Gasteiger partial charge in [-0.2, -0.15) is 13.2 Å². The number of ether oxygens (including phenoxy) is 1. The Labute approximate surface area is 250 Å².